The van der Waals surface area contributed by atoms with Gasteiger partial charge in [0.15, 0.2) is 12.4 Å². The summed E-state index contributed by atoms with van der Waals surface area (Å²) in [4.78, 5) is 23.8. The first-order valence-electron chi connectivity index (χ1n) is 8.70. The number of aliphatic carboxylic acids is 1. The fourth-order valence-electron chi connectivity index (χ4n) is 2.86. The highest BCUT2D eigenvalue weighted by Crippen LogP contribution is 2.33. The van der Waals surface area contributed by atoms with Crippen molar-refractivity contribution in [3.63, 3.8) is 0 Å². The average molecular weight is 366 g/mol. The molecule has 0 aliphatic rings. The zero-order valence-electron chi connectivity index (χ0n) is 15.8. The number of rotatable bonds is 4. The molecule has 0 atom stereocenters. The first-order valence-corrected chi connectivity index (χ1v) is 8.70. The predicted molar refractivity (Wildman–Crippen MR) is 104 cm³/mol. The molecule has 0 saturated heterocycles. The van der Waals surface area contributed by atoms with Crippen molar-refractivity contribution in [3.8, 4) is 17.1 Å². The summed E-state index contributed by atoms with van der Waals surface area (Å²) in [6.45, 7) is 7.63. The molecule has 1 heterocycles. The number of benzene rings is 2. The van der Waals surface area contributed by atoms with Gasteiger partial charge in [-0.15, -0.1) is 0 Å². The van der Waals surface area contributed by atoms with E-state index in [0.29, 0.717) is 16.5 Å². The van der Waals surface area contributed by atoms with Crippen molar-refractivity contribution in [1.29, 1.82) is 0 Å². The van der Waals surface area contributed by atoms with Crippen molar-refractivity contribution in [3.05, 3.63) is 63.8 Å². The minimum Gasteiger partial charge on any atom is -0.479 e. The van der Waals surface area contributed by atoms with Gasteiger partial charge in [-0.25, -0.2) is 4.79 Å². The average Bonchev–Trinajstić information content (AvgIpc) is 2.59. The van der Waals surface area contributed by atoms with Gasteiger partial charge in [0.25, 0.3) is 0 Å². The third kappa shape index (κ3) is 3.87. The molecule has 0 aliphatic carbocycles. The number of hydrogen-bond acceptors (Lipinski definition) is 4. The van der Waals surface area contributed by atoms with Crippen LogP contribution in [0.4, 0.5) is 0 Å². The van der Waals surface area contributed by atoms with Crippen LogP contribution in [0.25, 0.3) is 22.3 Å². The van der Waals surface area contributed by atoms with E-state index >= 15 is 0 Å². The van der Waals surface area contributed by atoms with E-state index in [1.54, 1.807) is 18.2 Å². The van der Waals surface area contributed by atoms with Crippen LogP contribution >= 0.6 is 0 Å². The summed E-state index contributed by atoms with van der Waals surface area (Å²) in [5.41, 5.74) is 2.80. The monoisotopic (exact) mass is 366 g/mol. The van der Waals surface area contributed by atoms with Gasteiger partial charge in [0.1, 0.15) is 5.58 Å². The Labute approximate surface area is 157 Å². The van der Waals surface area contributed by atoms with Crippen molar-refractivity contribution < 1.29 is 19.1 Å². The number of fused-ring (bicyclic) bond motifs is 1. The summed E-state index contributed by atoms with van der Waals surface area (Å²) >= 11 is 0. The third-order valence-corrected chi connectivity index (χ3v) is 4.36. The van der Waals surface area contributed by atoms with Crippen LogP contribution in [0.2, 0.25) is 0 Å². The normalized spacial score (nSPS) is 11.6. The molecule has 0 aliphatic heterocycles. The number of carboxylic acids is 1. The quantitative estimate of drug-likeness (QED) is 0.734. The molecule has 0 fully saturated rings. The van der Waals surface area contributed by atoms with Gasteiger partial charge < -0.3 is 14.3 Å². The molecule has 2 aromatic carbocycles. The standard InChI is InChI=1S/C22H22O5/c1-13-5-10-16-17(11-13)27-20(21(19(16)25)26-12-18(23)24)14-6-8-15(9-7-14)22(2,3)4/h5-11H,12H2,1-4H3,(H,23,24). The molecular weight excluding hydrogens is 344 g/mol. The van der Waals surface area contributed by atoms with Crippen molar-refractivity contribution in [2.45, 2.75) is 33.1 Å². The van der Waals surface area contributed by atoms with Crippen LogP contribution in [0.1, 0.15) is 31.9 Å². The molecule has 0 saturated carbocycles. The topological polar surface area (TPSA) is 76.7 Å². The lowest BCUT2D eigenvalue weighted by molar-refractivity contribution is -0.139. The van der Waals surface area contributed by atoms with E-state index in [1.807, 2.05) is 31.2 Å². The van der Waals surface area contributed by atoms with Crippen molar-refractivity contribution in [2.24, 2.45) is 0 Å². The highest BCUT2D eigenvalue weighted by atomic mass is 16.5. The lowest BCUT2D eigenvalue weighted by Gasteiger charge is -2.19. The van der Waals surface area contributed by atoms with Gasteiger partial charge in [0.05, 0.1) is 5.39 Å². The van der Waals surface area contributed by atoms with Crippen molar-refractivity contribution in [1.82, 2.24) is 0 Å². The molecule has 27 heavy (non-hydrogen) atoms. The molecule has 0 amide bonds. The van der Waals surface area contributed by atoms with Gasteiger partial charge in [-0.05, 0) is 35.6 Å². The molecule has 3 rings (SSSR count). The van der Waals surface area contributed by atoms with E-state index in [9.17, 15) is 9.59 Å². The first kappa shape index (κ1) is 18.7. The van der Waals surface area contributed by atoms with Crippen molar-refractivity contribution >= 4 is 16.9 Å². The number of carbonyl (C=O) groups is 1. The lowest BCUT2D eigenvalue weighted by Crippen LogP contribution is -2.16. The van der Waals surface area contributed by atoms with Gasteiger partial charge in [-0.1, -0.05) is 51.1 Å². The van der Waals surface area contributed by atoms with Gasteiger partial charge in [0, 0.05) is 5.56 Å². The Morgan fingerprint density at radius 3 is 2.37 bits per heavy atom. The SMILES string of the molecule is Cc1ccc2c(=O)c(OCC(=O)O)c(-c3ccc(C(C)(C)C)cc3)oc2c1. The highest BCUT2D eigenvalue weighted by Gasteiger charge is 2.20. The van der Waals surface area contributed by atoms with Crippen LogP contribution < -0.4 is 10.2 Å². The molecule has 0 spiro atoms. The Morgan fingerprint density at radius 1 is 1.11 bits per heavy atom. The van der Waals surface area contributed by atoms with Crippen LogP contribution in [0.3, 0.4) is 0 Å². The largest absolute Gasteiger partial charge is 0.479 e. The molecule has 140 valence electrons. The summed E-state index contributed by atoms with van der Waals surface area (Å²) in [5, 5.41) is 9.30. The Kier molecular flexibility index (Phi) is 4.79. The zero-order valence-corrected chi connectivity index (χ0v) is 15.8. The van der Waals surface area contributed by atoms with E-state index in [0.717, 1.165) is 11.1 Å². The number of ether oxygens (including phenoxy) is 1. The second-order valence-electron chi connectivity index (χ2n) is 7.60. The maximum atomic E-state index is 12.9. The molecule has 5 heteroatoms. The van der Waals surface area contributed by atoms with Gasteiger partial charge in [-0.3, -0.25) is 4.79 Å². The smallest absolute Gasteiger partial charge is 0.341 e. The maximum absolute atomic E-state index is 12.9. The van der Waals surface area contributed by atoms with E-state index in [-0.39, 0.29) is 22.4 Å². The Balaban J connectivity index is 2.21. The number of carboxylic acid groups (broad SMARTS) is 1. The minimum atomic E-state index is -1.16. The maximum Gasteiger partial charge on any atom is 0.341 e. The van der Waals surface area contributed by atoms with Gasteiger partial charge in [0.2, 0.25) is 11.2 Å². The Bertz CT molecular complexity index is 1050. The van der Waals surface area contributed by atoms with Crippen LogP contribution in [-0.2, 0) is 10.2 Å². The summed E-state index contributed by atoms with van der Waals surface area (Å²) in [7, 11) is 0. The summed E-state index contributed by atoms with van der Waals surface area (Å²) in [5.74, 6) is -1.01. The summed E-state index contributed by atoms with van der Waals surface area (Å²) < 4.78 is 11.3. The summed E-state index contributed by atoms with van der Waals surface area (Å²) in [6, 6.07) is 12.9. The Hall–Kier alpha value is -3.08. The molecule has 5 nitrogen and oxygen atoms in total. The lowest BCUT2D eigenvalue weighted by atomic mass is 9.86. The second kappa shape index (κ2) is 6.91. The van der Waals surface area contributed by atoms with Crippen molar-refractivity contribution in [2.75, 3.05) is 6.61 Å². The number of aryl methyl sites for hydroxylation is 1. The minimum absolute atomic E-state index is 0.0114. The predicted octanol–water partition coefficient (Wildman–Crippen LogP) is 4.53. The molecule has 0 radical (unpaired) electrons. The number of hydrogen-bond donors (Lipinski definition) is 1. The van der Waals surface area contributed by atoms with Crippen LogP contribution in [0, 0.1) is 6.92 Å². The van der Waals surface area contributed by atoms with E-state index < -0.39 is 12.6 Å². The highest BCUT2D eigenvalue weighted by molar-refractivity contribution is 5.82. The first-order chi connectivity index (χ1) is 12.7. The summed E-state index contributed by atoms with van der Waals surface area (Å²) in [6.07, 6.45) is 0. The Morgan fingerprint density at radius 2 is 1.78 bits per heavy atom. The zero-order chi connectivity index (χ0) is 19.8. The fraction of sp³-hybridized carbons (Fsp3) is 0.273. The van der Waals surface area contributed by atoms with Crippen LogP contribution in [-0.4, -0.2) is 17.7 Å². The molecule has 1 N–H and O–H groups in total. The molecule has 1 aromatic heterocycles. The van der Waals surface area contributed by atoms with E-state index in [2.05, 4.69) is 20.8 Å². The van der Waals surface area contributed by atoms with Gasteiger partial charge in [-0.2, -0.15) is 0 Å². The second-order valence-corrected chi connectivity index (χ2v) is 7.60. The molecule has 0 bridgehead atoms. The third-order valence-electron chi connectivity index (χ3n) is 4.36. The van der Waals surface area contributed by atoms with Crippen LogP contribution in [0.15, 0.2) is 51.7 Å². The van der Waals surface area contributed by atoms with Crippen LogP contribution in [0.5, 0.6) is 5.75 Å². The van der Waals surface area contributed by atoms with Gasteiger partial charge >= 0.3 is 5.97 Å². The van der Waals surface area contributed by atoms with E-state index in [1.165, 1.54) is 0 Å². The van der Waals surface area contributed by atoms with E-state index in [4.69, 9.17) is 14.3 Å². The molecule has 3 aromatic rings. The molecular formula is C22H22O5. The molecule has 0 unspecified atom stereocenters. The fourth-order valence-corrected chi connectivity index (χ4v) is 2.86.